The lowest BCUT2D eigenvalue weighted by molar-refractivity contribution is -0.124. The van der Waals surface area contributed by atoms with Crippen LogP contribution in [-0.2, 0) is 4.79 Å². The van der Waals surface area contributed by atoms with Gasteiger partial charge < -0.3 is 11.1 Å². The van der Waals surface area contributed by atoms with Gasteiger partial charge in [-0.1, -0.05) is 18.6 Å². The van der Waals surface area contributed by atoms with Crippen LogP contribution < -0.4 is 11.1 Å². The highest BCUT2D eigenvalue weighted by molar-refractivity contribution is 7.80. The van der Waals surface area contributed by atoms with E-state index >= 15 is 0 Å². The maximum absolute atomic E-state index is 12.2. The van der Waals surface area contributed by atoms with Crippen LogP contribution in [0.5, 0.6) is 0 Å². The lowest BCUT2D eigenvalue weighted by Gasteiger charge is -2.32. The van der Waals surface area contributed by atoms with E-state index in [9.17, 15) is 4.79 Å². The smallest absolute Gasteiger partial charge is 0.223 e. The fraction of sp³-hybridized carbons (Fsp3) is 0.857. The molecule has 2 atom stereocenters. The Bertz CT molecular complexity index is 369. The molecule has 19 heavy (non-hydrogen) atoms. The van der Waals surface area contributed by atoms with E-state index < -0.39 is 0 Å². The molecular formula is C14H23N3OS. The van der Waals surface area contributed by atoms with E-state index in [1.807, 2.05) is 0 Å². The monoisotopic (exact) mass is 281 g/mol. The van der Waals surface area contributed by atoms with Crippen molar-refractivity contribution in [2.24, 2.45) is 23.5 Å². The van der Waals surface area contributed by atoms with Gasteiger partial charge in [0.1, 0.15) is 0 Å². The van der Waals surface area contributed by atoms with Crippen LogP contribution in [0.2, 0.25) is 0 Å². The van der Waals surface area contributed by atoms with Gasteiger partial charge in [0.05, 0.1) is 4.99 Å². The number of amides is 1. The van der Waals surface area contributed by atoms with Crippen molar-refractivity contribution in [1.82, 2.24) is 10.2 Å². The number of carbonyl (C=O) groups excluding carboxylic acids is 1. The van der Waals surface area contributed by atoms with Gasteiger partial charge in [-0.25, -0.2) is 0 Å². The van der Waals surface area contributed by atoms with E-state index in [4.69, 9.17) is 18.0 Å². The molecule has 2 aliphatic carbocycles. The quantitative estimate of drug-likeness (QED) is 0.752. The highest BCUT2D eigenvalue weighted by Crippen LogP contribution is 2.57. The van der Waals surface area contributed by atoms with E-state index in [1.165, 1.54) is 19.3 Å². The van der Waals surface area contributed by atoms with Gasteiger partial charge in [-0.3, -0.25) is 9.69 Å². The van der Waals surface area contributed by atoms with Crippen LogP contribution in [0.1, 0.15) is 32.1 Å². The van der Waals surface area contributed by atoms with Crippen LogP contribution >= 0.6 is 12.2 Å². The van der Waals surface area contributed by atoms with Gasteiger partial charge in [-0.2, -0.15) is 0 Å². The first-order valence-corrected chi connectivity index (χ1v) is 7.87. The Kier molecular flexibility index (Phi) is 3.76. The third-order valence-corrected chi connectivity index (χ3v) is 5.15. The second kappa shape index (κ2) is 5.37. The molecule has 3 aliphatic rings. The molecule has 0 aromatic rings. The number of rotatable bonds is 4. The maximum atomic E-state index is 12.2. The average molecular weight is 281 g/mol. The summed E-state index contributed by atoms with van der Waals surface area (Å²) in [5.41, 5.74) is 5.56. The Morgan fingerprint density at radius 2 is 1.84 bits per heavy atom. The fourth-order valence-corrected chi connectivity index (χ4v) is 4.15. The number of likely N-dealkylation sites (tertiary alicyclic amines) is 1. The number of fused-ring (bicyclic) bond motifs is 1. The number of nitrogens with zero attached hydrogens (tertiary/aromatic N) is 1. The van der Waals surface area contributed by atoms with Crippen molar-refractivity contribution in [3.05, 3.63) is 0 Å². The molecule has 5 heteroatoms. The van der Waals surface area contributed by atoms with Crippen molar-refractivity contribution in [1.29, 1.82) is 0 Å². The second-order valence-electron chi connectivity index (χ2n) is 6.31. The molecule has 0 bridgehead atoms. The summed E-state index contributed by atoms with van der Waals surface area (Å²) in [6.45, 7) is 2.68. The van der Waals surface area contributed by atoms with Gasteiger partial charge in [0, 0.05) is 31.6 Å². The second-order valence-corrected chi connectivity index (χ2v) is 6.83. The van der Waals surface area contributed by atoms with Crippen LogP contribution in [0.15, 0.2) is 0 Å². The first-order valence-electron chi connectivity index (χ1n) is 7.46. The molecule has 0 radical (unpaired) electrons. The molecular weight excluding hydrogens is 258 g/mol. The van der Waals surface area contributed by atoms with Crippen molar-refractivity contribution in [3.8, 4) is 0 Å². The molecule has 1 amide bonds. The van der Waals surface area contributed by atoms with E-state index in [0.29, 0.717) is 29.4 Å². The third-order valence-electron chi connectivity index (χ3n) is 5.02. The number of carbonyl (C=O) groups is 1. The Morgan fingerprint density at radius 3 is 2.42 bits per heavy atom. The molecule has 4 nitrogen and oxygen atoms in total. The minimum atomic E-state index is 0.322. The number of nitrogens with one attached hydrogen (secondary N) is 1. The lowest BCUT2D eigenvalue weighted by Crippen LogP contribution is -2.47. The first kappa shape index (κ1) is 13.3. The lowest BCUT2D eigenvalue weighted by atomic mass is 10.0. The number of hydrogen-bond donors (Lipinski definition) is 2. The Labute approximate surface area is 120 Å². The summed E-state index contributed by atoms with van der Waals surface area (Å²) >= 11 is 4.93. The summed E-state index contributed by atoms with van der Waals surface area (Å²) in [5.74, 6) is 2.11. The van der Waals surface area contributed by atoms with Crippen LogP contribution in [0.4, 0.5) is 0 Å². The predicted octanol–water partition coefficient (Wildman–Crippen LogP) is 0.899. The zero-order chi connectivity index (χ0) is 13.4. The molecule has 3 N–H and O–H groups in total. The molecule has 0 aromatic heterocycles. The average Bonchev–Trinajstić information content (AvgIpc) is 2.85. The summed E-state index contributed by atoms with van der Waals surface area (Å²) in [4.78, 5) is 15.0. The minimum absolute atomic E-state index is 0.322. The molecule has 3 fully saturated rings. The van der Waals surface area contributed by atoms with Crippen LogP contribution in [0.3, 0.4) is 0 Å². The van der Waals surface area contributed by atoms with Crippen molar-refractivity contribution in [2.45, 2.75) is 38.1 Å². The molecule has 2 unspecified atom stereocenters. The summed E-state index contributed by atoms with van der Waals surface area (Å²) in [5, 5.41) is 3.25. The Morgan fingerprint density at radius 1 is 1.21 bits per heavy atom. The van der Waals surface area contributed by atoms with Crippen molar-refractivity contribution < 1.29 is 4.79 Å². The highest BCUT2D eigenvalue weighted by atomic mass is 32.1. The molecule has 106 valence electrons. The zero-order valence-electron chi connectivity index (χ0n) is 11.3. The normalized spacial score (nSPS) is 34.8. The molecule has 1 aliphatic heterocycles. The summed E-state index contributed by atoms with van der Waals surface area (Å²) < 4.78 is 0. The van der Waals surface area contributed by atoms with Gasteiger partial charge in [-0.05, 0) is 37.5 Å². The molecule has 2 saturated carbocycles. The largest absolute Gasteiger partial charge is 0.392 e. The zero-order valence-corrected chi connectivity index (χ0v) is 12.1. The molecule has 1 heterocycles. The fourth-order valence-electron chi connectivity index (χ4n) is 3.96. The number of thiocarbonyl (C=S) groups is 1. The van der Waals surface area contributed by atoms with Gasteiger partial charge in [0.2, 0.25) is 5.91 Å². The Hall–Kier alpha value is -0.680. The maximum Gasteiger partial charge on any atom is 0.223 e. The molecule has 0 spiro atoms. The van der Waals surface area contributed by atoms with Gasteiger partial charge >= 0.3 is 0 Å². The summed E-state index contributed by atoms with van der Waals surface area (Å²) in [6, 6.07) is 0.358. The van der Waals surface area contributed by atoms with Gasteiger partial charge in [0.25, 0.3) is 0 Å². The van der Waals surface area contributed by atoms with Crippen molar-refractivity contribution in [3.63, 3.8) is 0 Å². The van der Waals surface area contributed by atoms with Crippen molar-refractivity contribution in [2.75, 3.05) is 19.6 Å². The van der Waals surface area contributed by atoms with E-state index in [-0.39, 0.29) is 0 Å². The molecule has 1 saturated heterocycles. The highest BCUT2D eigenvalue weighted by Gasteiger charge is 2.56. The van der Waals surface area contributed by atoms with Crippen LogP contribution in [0, 0.1) is 17.8 Å². The van der Waals surface area contributed by atoms with Crippen LogP contribution in [-0.4, -0.2) is 41.5 Å². The molecule has 0 aromatic carbocycles. The van der Waals surface area contributed by atoms with Gasteiger partial charge in [-0.15, -0.1) is 0 Å². The van der Waals surface area contributed by atoms with Crippen molar-refractivity contribution >= 4 is 23.1 Å². The summed E-state index contributed by atoms with van der Waals surface area (Å²) in [6.07, 6.45) is 5.92. The van der Waals surface area contributed by atoms with Crippen LogP contribution in [0.25, 0.3) is 0 Å². The van der Waals surface area contributed by atoms with Gasteiger partial charge in [0.15, 0.2) is 0 Å². The number of hydrogen-bond acceptors (Lipinski definition) is 3. The first-order chi connectivity index (χ1) is 9.15. The van der Waals surface area contributed by atoms with E-state index in [2.05, 4.69) is 10.2 Å². The van der Waals surface area contributed by atoms with E-state index in [0.717, 1.165) is 37.8 Å². The Balaban J connectivity index is 1.40. The number of nitrogens with two attached hydrogens (primary N) is 1. The number of piperidine rings is 1. The topological polar surface area (TPSA) is 58.4 Å². The SMILES string of the molecule is NC(=S)CN1CCC(NC(=O)C2C3CCCC32)CC1. The summed E-state index contributed by atoms with van der Waals surface area (Å²) in [7, 11) is 0. The van der Waals surface area contributed by atoms with E-state index in [1.54, 1.807) is 0 Å². The third kappa shape index (κ3) is 2.92. The molecule has 3 rings (SSSR count). The minimum Gasteiger partial charge on any atom is -0.392 e. The predicted molar refractivity (Wildman–Crippen MR) is 78.7 cm³/mol. The standard InChI is InChI=1S/C14H23N3OS/c15-12(19)8-17-6-4-9(5-7-17)16-14(18)13-10-2-1-3-11(10)13/h9-11,13H,1-8H2,(H2,15,19)(H,16,18).